The summed E-state index contributed by atoms with van der Waals surface area (Å²) in [5.41, 5.74) is 4.62. The molecule has 0 aliphatic carbocycles. The molecule has 1 atom stereocenters. The van der Waals surface area contributed by atoms with E-state index in [1.54, 1.807) is 21.3 Å². The van der Waals surface area contributed by atoms with E-state index in [1.807, 2.05) is 36.4 Å². The Hall–Kier alpha value is -3.03. The Morgan fingerprint density at radius 1 is 0.943 bits per heavy atom. The van der Waals surface area contributed by atoms with Crippen LogP contribution in [0.25, 0.3) is 0 Å². The second-order valence-corrected chi connectivity index (χ2v) is 9.43. The van der Waals surface area contributed by atoms with Crippen molar-refractivity contribution in [1.29, 1.82) is 0 Å². The molecule has 3 aromatic rings. The number of benzene rings is 3. The molecule has 35 heavy (non-hydrogen) atoms. The number of amides is 1. The van der Waals surface area contributed by atoms with Crippen LogP contribution in [-0.2, 0) is 24.2 Å². The first-order chi connectivity index (χ1) is 17.0. The first kappa shape index (κ1) is 25.1. The van der Waals surface area contributed by atoms with Crippen molar-refractivity contribution in [3.63, 3.8) is 0 Å². The van der Waals surface area contributed by atoms with Crippen LogP contribution < -0.4 is 19.5 Å². The summed E-state index contributed by atoms with van der Waals surface area (Å²) < 4.78 is 17.5. The van der Waals surface area contributed by atoms with Crippen LogP contribution >= 0.6 is 15.9 Å². The third-order valence-corrected chi connectivity index (χ3v) is 7.06. The van der Waals surface area contributed by atoms with Crippen molar-refractivity contribution in [2.24, 2.45) is 0 Å². The molecule has 1 aliphatic rings. The zero-order chi connectivity index (χ0) is 24.8. The summed E-state index contributed by atoms with van der Waals surface area (Å²) in [4.78, 5) is 15.2. The predicted octanol–water partition coefficient (Wildman–Crippen LogP) is 4.93. The molecule has 0 saturated heterocycles. The lowest BCUT2D eigenvalue weighted by atomic mass is 9.88. The normalized spacial score (nSPS) is 15.3. The van der Waals surface area contributed by atoms with Gasteiger partial charge in [-0.25, -0.2) is 0 Å². The highest BCUT2D eigenvalue weighted by atomic mass is 79.9. The van der Waals surface area contributed by atoms with E-state index in [9.17, 15) is 4.79 Å². The molecule has 0 fully saturated rings. The van der Waals surface area contributed by atoms with Crippen molar-refractivity contribution in [3.05, 3.63) is 87.4 Å². The zero-order valence-corrected chi connectivity index (χ0v) is 21.9. The Kier molecular flexibility index (Phi) is 8.31. The molecular formula is C28H31BrN2O4. The number of carbonyl (C=O) groups excluding carboxylic acids is 1. The first-order valence-electron chi connectivity index (χ1n) is 11.6. The van der Waals surface area contributed by atoms with E-state index >= 15 is 0 Å². The minimum Gasteiger partial charge on any atom is -0.496 e. The molecule has 1 amide bonds. The van der Waals surface area contributed by atoms with E-state index in [2.05, 4.69) is 50.4 Å². The quantitative estimate of drug-likeness (QED) is 0.418. The minimum absolute atomic E-state index is 0.0127. The summed E-state index contributed by atoms with van der Waals surface area (Å²) in [5.74, 6) is 2.23. The second kappa shape index (κ2) is 11.6. The van der Waals surface area contributed by atoms with Crippen molar-refractivity contribution in [2.75, 3.05) is 34.4 Å². The maximum Gasteiger partial charge on any atom is 0.234 e. The van der Waals surface area contributed by atoms with E-state index in [1.165, 1.54) is 5.56 Å². The average Bonchev–Trinajstić information content (AvgIpc) is 2.88. The number of halogens is 1. The molecule has 7 heteroatoms. The van der Waals surface area contributed by atoms with Gasteiger partial charge in [-0.05, 0) is 75.3 Å². The van der Waals surface area contributed by atoms with Crippen LogP contribution in [0.2, 0.25) is 0 Å². The van der Waals surface area contributed by atoms with Gasteiger partial charge in [-0.2, -0.15) is 0 Å². The molecule has 1 unspecified atom stereocenters. The van der Waals surface area contributed by atoms with Gasteiger partial charge in [0.1, 0.15) is 5.75 Å². The molecule has 0 saturated carbocycles. The summed E-state index contributed by atoms with van der Waals surface area (Å²) in [6.45, 7) is 1.62. The number of fused-ring (bicyclic) bond motifs is 1. The Balaban J connectivity index is 1.59. The van der Waals surface area contributed by atoms with E-state index < -0.39 is 0 Å². The lowest BCUT2D eigenvalue weighted by Gasteiger charge is -2.37. The molecule has 0 spiro atoms. The number of hydrogen-bond donors (Lipinski definition) is 1. The Morgan fingerprint density at radius 3 is 2.34 bits per heavy atom. The topological polar surface area (TPSA) is 60.0 Å². The van der Waals surface area contributed by atoms with Gasteiger partial charge in [-0.3, -0.25) is 9.69 Å². The SMILES string of the molecule is COc1ccc(CC2c3cc(OC)c(OC)cc3CCN2CC(=O)NCc2ccccc2)cc1Br. The molecule has 184 valence electrons. The summed E-state index contributed by atoms with van der Waals surface area (Å²) in [5, 5.41) is 3.07. The summed E-state index contributed by atoms with van der Waals surface area (Å²) in [6, 6.07) is 20.2. The van der Waals surface area contributed by atoms with Gasteiger partial charge in [0, 0.05) is 19.1 Å². The van der Waals surface area contributed by atoms with Crippen molar-refractivity contribution in [2.45, 2.75) is 25.4 Å². The molecule has 1 heterocycles. The van der Waals surface area contributed by atoms with Crippen molar-refractivity contribution < 1.29 is 19.0 Å². The summed E-state index contributed by atoms with van der Waals surface area (Å²) >= 11 is 3.60. The van der Waals surface area contributed by atoms with Gasteiger partial charge in [0.25, 0.3) is 0 Å². The number of ether oxygens (including phenoxy) is 3. The van der Waals surface area contributed by atoms with Crippen molar-refractivity contribution >= 4 is 21.8 Å². The second-order valence-electron chi connectivity index (χ2n) is 8.58. The molecule has 1 N–H and O–H groups in total. The fraction of sp³-hybridized carbons (Fsp3) is 0.321. The van der Waals surface area contributed by atoms with E-state index in [4.69, 9.17) is 14.2 Å². The molecule has 1 aliphatic heterocycles. The van der Waals surface area contributed by atoms with Crippen LogP contribution in [0.15, 0.2) is 65.1 Å². The molecule has 0 bridgehead atoms. The van der Waals surface area contributed by atoms with Crippen LogP contribution in [0.4, 0.5) is 0 Å². The van der Waals surface area contributed by atoms with Gasteiger partial charge in [0.05, 0.1) is 32.3 Å². The van der Waals surface area contributed by atoms with E-state index in [0.29, 0.717) is 18.8 Å². The third kappa shape index (κ3) is 5.97. The van der Waals surface area contributed by atoms with E-state index in [0.717, 1.165) is 52.0 Å². The monoisotopic (exact) mass is 538 g/mol. The van der Waals surface area contributed by atoms with Crippen LogP contribution in [0, 0.1) is 0 Å². The molecule has 6 nitrogen and oxygen atoms in total. The predicted molar refractivity (Wildman–Crippen MR) is 140 cm³/mol. The number of methoxy groups -OCH3 is 3. The Morgan fingerprint density at radius 2 is 1.66 bits per heavy atom. The van der Waals surface area contributed by atoms with Gasteiger partial charge >= 0.3 is 0 Å². The smallest absolute Gasteiger partial charge is 0.234 e. The maximum atomic E-state index is 12.9. The van der Waals surface area contributed by atoms with Crippen molar-refractivity contribution in [3.8, 4) is 17.2 Å². The number of hydrogen-bond acceptors (Lipinski definition) is 5. The maximum absolute atomic E-state index is 12.9. The van der Waals surface area contributed by atoms with Gasteiger partial charge in [0.2, 0.25) is 5.91 Å². The number of carbonyl (C=O) groups is 1. The van der Waals surface area contributed by atoms with Gasteiger partial charge in [-0.1, -0.05) is 36.4 Å². The molecular weight excluding hydrogens is 508 g/mol. The zero-order valence-electron chi connectivity index (χ0n) is 20.3. The molecule has 4 rings (SSSR count). The Labute approximate surface area is 215 Å². The largest absolute Gasteiger partial charge is 0.496 e. The highest BCUT2D eigenvalue weighted by Gasteiger charge is 2.30. The third-order valence-electron chi connectivity index (χ3n) is 6.44. The fourth-order valence-corrected chi connectivity index (χ4v) is 5.19. The average molecular weight is 539 g/mol. The number of rotatable bonds is 9. The van der Waals surface area contributed by atoms with Crippen LogP contribution in [0.3, 0.4) is 0 Å². The standard InChI is InChI=1S/C28H31BrN2O4/c1-33-25-10-9-20(13-23(25)29)14-24-22-16-27(35-3)26(34-2)15-21(22)11-12-31(24)18-28(32)30-17-19-7-5-4-6-8-19/h4-10,13,15-16,24H,11-12,14,17-18H2,1-3H3,(H,30,32). The van der Waals surface area contributed by atoms with Gasteiger partial charge in [-0.15, -0.1) is 0 Å². The summed E-state index contributed by atoms with van der Waals surface area (Å²) in [7, 11) is 4.97. The molecule has 3 aromatic carbocycles. The highest BCUT2D eigenvalue weighted by Crippen LogP contribution is 2.40. The fourth-order valence-electron chi connectivity index (χ4n) is 4.61. The number of nitrogens with zero attached hydrogens (tertiary/aromatic N) is 1. The van der Waals surface area contributed by atoms with Crippen LogP contribution in [0.5, 0.6) is 17.2 Å². The van der Waals surface area contributed by atoms with Crippen LogP contribution in [-0.4, -0.2) is 45.2 Å². The van der Waals surface area contributed by atoms with Crippen LogP contribution in [0.1, 0.15) is 28.3 Å². The number of nitrogens with one attached hydrogen (secondary N) is 1. The Bertz CT molecular complexity index is 1170. The lowest BCUT2D eigenvalue weighted by Crippen LogP contribution is -2.43. The summed E-state index contributed by atoms with van der Waals surface area (Å²) in [6.07, 6.45) is 1.58. The molecule has 0 radical (unpaired) electrons. The van der Waals surface area contributed by atoms with Gasteiger partial charge in [0.15, 0.2) is 11.5 Å². The first-order valence-corrected chi connectivity index (χ1v) is 12.4. The van der Waals surface area contributed by atoms with E-state index in [-0.39, 0.29) is 11.9 Å². The van der Waals surface area contributed by atoms with Crippen molar-refractivity contribution in [1.82, 2.24) is 10.2 Å². The highest BCUT2D eigenvalue weighted by molar-refractivity contribution is 9.10. The molecule has 0 aromatic heterocycles. The minimum atomic E-state index is 0.0127. The van der Waals surface area contributed by atoms with Gasteiger partial charge < -0.3 is 19.5 Å². The lowest BCUT2D eigenvalue weighted by molar-refractivity contribution is -0.123.